The summed E-state index contributed by atoms with van der Waals surface area (Å²) in [5, 5.41) is 9.80. The molecule has 9 nitrogen and oxygen atoms in total. The highest BCUT2D eigenvalue weighted by molar-refractivity contribution is 5.76. The van der Waals surface area contributed by atoms with Gasteiger partial charge in [0, 0.05) is 37.7 Å². The summed E-state index contributed by atoms with van der Waals surface area (Å²) in [6, 6.07) is 5.61. The van der Waals surface area contributed by atoms with Gasteiger partial charge in [-0.25, -0.2) is 13.6 Å². The summed E-state index contributed by atoms with van der Waals surface area (Å²) in [4.78, 5) is 35.9. The lowest BCUT2D eigenvalue weighted by Crippen LogP contribution is -2.39. The third-order valence-electron chi connectivity index (χ3n) is 7.88. The lowest BCUT2D eigenvalue weighted by atomic mass is 9.91. The molecule has 2 N–H and O–H groups in total. The molecule has 0 fully saturated rings. The van der Waals surface area contributed by atoms with E-state index in [-0.39, 0.29) is 23.8 Å². The second kappa shape index (κ2) is 15.7. The quantitative estimate of drug-likeness (QED) is 0.150. The van der Waals surface area contributed by atoms with E-state index in [1.165, 1.54) is 17.7 Å². The van der Waals surface area contributed by atoms with Crippen molar-refractivity contribution in [3.8, 4) is 11.1 Å². The number of carbonyl (C=O) groups is 2. The number of carbonyl (C=O) groups excluding carboxylic acids is 2. The molecule has 0 radical (unpaired) electrons. The summed E-state index contributed by atoms with van der Waals surface area (Å²) >= 11 is 0. The Morgan fingerprint density at radius 3 is 2.34 bits per heavy atom. The molecular weight excluding hydrogens is 566 g/mol. The van der Waals surface area contributed by atoms with Crippen LogP contribution in [0.4, 0.5) is 13.6 Å². The van der Waals surface area contributed by atoms with E-state index in [0.29, 0.717) is 35.9 Å². The molecule has 1 atom stereocenters. The number of nitrogens with zero attached hydrogens (tertiary/aromatic N) is 4. The van der Waals surface area contributed by atoms with Crippen molar-refractivity contribution >= 4 is 12.3 Å². The van der Waals surface area contributed by atoms with E-state index in [4.69, 9.17) is 0 Å². The minimum Gasteiger partial charge on any atom is -0.336 e. The van der Waals surface area contributed by atoms with Gasteiger partial charge in [-0.3, -0.25) is 10.3 Å². The van der Waals surface area contributed by atoms with Gasteiger partial charge in [-0.2, -0.15) is 9.78 Å². The topological polar surface area (TPSA) is 109 Å². The van der Waals surface area contributed by atoms with Crippen molar-refractivity contribution in [3.05, 3.63) is 80.5 Å². The van der Waals surface area contributed by atoms with E-state index in [1.807, 2.05) is 6.20 Å². The Balaban J connectivity index is 0.000000244. The molecule has 238 valence electrons. The van der Waals surface area contributed by atoms with Crippen LogP contribution >= 0.6 is 0 Å². The van der Waals surface area contributed by atoms with Gasteiger partial charge in [0.15, 0.2) is 0 Å². The Labute approximate surface area is 258 Å². The van der Waals surface area contributed by atoms with Crippen LogP contribution in [0.2, 0.25) is 0 Å². The minimum absolute atomic E-state index is 0.0903. The minimum atomic E-state index is -0.847. The average Bonchev–Trinajstić information content (AvgIpc) is 3.38. The number of aryl methyl sites for hydroxylation is 3. The van der Waals surface area contributed by atoms with Gasteiger partial charge in [0.25, 0.3) is 0 Å². The highest BCUT2D eigenvalue weighted by atomic mass is 19.1. The van der Waals surface area contributed by atoms with Gasteiger partial charge < -0.3 is 10.1 Å². The van der Waals surface area contributed by atoms with Crippen LogP contribution in [0.1, 0.15) is 80.1 Å². The Hall–Kier alpha value is -3.99. The highest BCUT2D eigenvalue weighted by Gasteiger charge is 2.24. The maximum absolute atomic E-state index is 14.5. The van der Waals surface area contributed by atoms with Crippen LogP contribution in [0.15, 0.2) is 35.7 Å². The van der Waals surface area contributed by atoms with E-state index in [2.05, 4.69) is 53.7 Å². The normalized spacial score (nSPS) is 13.6. The number of halogens is 2. The number of amides is 1. The zero-order chi connectivity index (χ0) is 32.6. The van der Waals surface area contributed by atoms with Crippen LogP contribution in [-0.2, 0) is 17.8 Å². The molecule has 1 amide bonds. The first-order chi connectivity index (χ1) is 20.9. The van der Waals surface area contributed by atoms with Crippen molar-refractivity contribution in [1.29, 1.82) is 0 Å². The zero-order valence-electron chi connectivity index (χ0n) is 26.7. The molecule has 11 heteroatoms. The molecule has 0 saturated heterocycles. The maximum Gasteiger partial charge on any atom is 0.342 e. The molecule has 0 aliphatic carbocycles. The fourth-order valence-electron chi connectivity index (χ4n) is 5.45. The summed E-state index contributed by atoms with van der Waals surface area (Å²) in [5.74, 6) is -0.240. The van der Waals surface area contributed by atoms with Crippen molar-refractivity contribution in [2.24, 2.45) is 11.2 Å². The fourth-order valence-corrected chi connectivity index (χ4v) is 5.45. The molecule has 0 bridgehead atoms. The number of fused-ring (bicyclic) bond motifs is 1. The molecule has 1 aliphatic rings. The fraction of sp³-hybridized carbons (Fsp3) is 0.485. The summed E-state index contributed by atoms with van der Waals surface area (Å²) in [5.41, 5.74) is 7.96. The number of hydrogen-bond donors (Lipinski definition) is 2. The van der Waals surface area contributed by atoms with Gasteiger partial charge in [0.2, 0.25) is 0 Å². The highest BCUT2D eigenvalue weighted by Crippen LogP contribution is 2.33. The molecule has 3 aromatic rings. The van der Waals surface area contributed by atoms with Crippen LogP contribution in [0.3, 0.4) is 0 Å². The summed E-state index contributed by atoms with van der Waals surface area (Å²) < 4.78 is 29.6. The predicted octanol–water partition coefficient (Wildman–Crippen LogP) is 6.71. The first-order valence-electron chi connectivity index (χ1n) is 15.0. The summed E-state index contributed by atoms with van der Waals surface area (Å²) in [7, 11) is 0. The number of nitrogens with one attached hydrogen (secondary N) is 2. The van der Waals surface area contributed by atoms with Crippen LogP contribution < -0.4 is 10.7 Å². The van der Waals surface area contributed by atoms with Crippen LogP contribution in [0.25, 0.3) is 11.1 Å². The van der Waals surface area contributed by atoms with E-state index in [1.54, 1.807) is 37.6 Å². The molecular formula is C33H44F2N6O3. The maximum atomic E-state index is 14.5. The molecule has 4 rings (SSSR count). The molecule has 2 heterocycles. The Morgan fingerprint density at radius 1 is 1.07 bits per heavy atom. The molecule has 1 aromatic heterocycles. The van der Waals surface area contributed by atoms with Crippen molar-refractivity contribution in [2.75, 3.05) is 13.1 Å². The van der Waals surface area contributed by atoms with Gasteiger partial charge in [0.05, 0.1) is 23.2 Å². The first-order valence-corrected chi connectivity index (χ1v) is 15.0. The predicted molar refractivity (Wildman–Crippen MR) is 168 cm³/mol. The third kappa shape index (κ3) is 8.56. The molecule has 2 aromatic carbocycles. The van der Waals surface area contributed by atoms with Crippen molar-refractivity contribution in [2.45, 2.75) is 86.4 Å². The van der Waals surface area contributed by atoms with E-state index in [9.17, 15) is 23.3 Å². The number of hydrogen-bond acceptors (Lipinski definition) is 6. The second-order valence-electron chi connectivity index (χ2n) is 12.0. The number of aromatic nitrogens is 2. The molecule has 0 spiro atoms. The lowest BCUT2D eigenvalue weighted by Gasteiger charge is -2.30. The van der Waals surface area contributed by atoms with Crippen molar-refractivity contribution < 1.29 is 18.4 Å². The Morgan fingerprint density at radius 2 is 1.75 bits per heavy atom. The summed E-state index contributed by atoms with van der Waals surface area (Å²) in [6.07, 6.45) is 4.32. The lowest BCUT2D eigenvalue weighted by molar-refractivity contribution is -0.108. The number of benzene rings is 2. The van der Waals surface area contributed by atoms with Crippen LogP contribution in [0, 0.1) is 43.2 Å². The zero-order valence-corrected chi connectivity index (χ0v) is 26.7. The molecule has 0 unspecified atom stereocenters. The Bertz CT molecular complexity index is 1440. The molecule has 0 saturated carbocycles. The van der Waals surface area contributed by atoms with Gasteiger partial charge in [-0.1, -0.05) is 13.8 Å². The third-order valence-corrected chi connectivity index (χ3v) is 7.88. The number of aldehydes is 1. The van der Waals surface area contributed by atoms with E-state index >= 15 is 0 Å². The average molecular weight is 611 g/mol. The van der Waals surface area contributed by atoms with Gasteiger partial charge in [-0.15, -0.1) is 4.91 Å². The van der Waals surface area contributed by atoms with E-state index < -0.39 is 11.9 Å². The first kappa shape index (κ1) is 34.5. The largest absolute Gasteiger partial charge is 0.342 e. The SMILES string of the molecule is CC(C)CCNC(=O)n1ncc2c1CN(C(C)C)CC2.Cc1cc(-c2c(C)cc(F)cc2C)cc([C@H](CC=O)NN=O)c1F. The number of nitroso groups, excluding NO2 is 1. The van der Waals surface area contributed by atoms with Crippen LogP contribution in [-0.4, -0.2) is 46.1 Å². The van der Waals surface area contributed by atoms with Crippen molar-refractivity contribution in [1.82, 2.24) is 25.4 Å². The second-order valence-corrected chi connectivity index (χ2v) is 12.0. The molecule has 1 aliphatic heterocycles. The number of rotatable bonds is 10. The molecule has 44 heavy (non-hydrogen) atoms. The standard InChI is InChI=1S/C18H18F2N2O2.C15H26N4O/c1-10-7-14(19)8-11(2)17(10)13-6-12(3)18(20)15(9-13)16(4-5-23)21-22-24;1-11(2)5-7-16-15(20)19-14-10-18(12(3)4)8-6-13(14)9-17-19/h5-9,16H,4H2,1-3H3,(H,21,24);9,11-12H,5-8,10H2,1-4H3,(H,16,20)/t16-;/m0./s1. The van der Waals surface area contributed by atoms with E-state index in [0.717, 1.165) is 48.3 Å². The van der Waals surface area contributed by atoms with Gasteiger partial charge >= 0.3 is 6.03 Å². The van der Waals surface area contributed by atoms with Crippen molar-refractivity contribution in [3.63, 3.8) is 0 Å². The van der Waals surface area contributed by atoms with Crippen LogP contribution in [0.5, 0.6) is 0 Å². The smallest absolute Gasteiger partial charge is 0.336 e. The summed E-state index contributed by atoms with van der Waals surface area (Å²) in [6.45, 7) is 16.4. The monoisotopic (exact) mass is 610 g/mol. The Kier molecular flexibility index (Phi) is 12.3. The van der Waals surface area contributed by atoms with Gasteiger partial charge in [0.1, 0.15) is 17.9 Å². The van der Waals surface area contributed by atoms with Gasteiger partial charge in [-0.05, 0) is 111 Å².